The number of thiazole rings is 1. The lowest BCUT2D eigenvalue weighted by Crippen LogP contribution is -2.54. The molecule has 1 aromatic rings. The minimum Gasteiger partial charge on any atom is -0.480 e. The number of hydrogen-bond donors (Lipinski definition) is 2. The maximum atomic E-state index is 12.0. The Morgan fingerprint density at radius 2 is 2.22 bits per heavy atom. The van der Waals surface area contributed by atoms with Gasteiger partial charge in [-0.05, 0) is 36.7 Å². The van der Waals surface area contributed by atoms with Gasteiger partial charge in [-0.3, -0.25) is 5.32 Å². The second kappa shape index (κ2) is 5.66. The molecule has 18 heavy (non-hydrogen) atoms. The van der Waals surface area contributed by atoms with Crippen LogP contribution in [0, 0.1) is 0 Å². The van der Waals surface area contributed by atoms with E-state index in [1.165, 1.54) is 30.1 Å². The fraction of sp³-hybridized carbons (Fsp3) is 0.500. The molecule has 0 bridgehead atoms. The Morgan fingerprint density at radius 3 is 2.61 bits per heavy atom. The van der Waals surface area contributed by atoms with Crippen molar-refractivity contribution in [3.63, 3.8) is 0 Å². The largest absolute Gasteiger partial charge is 0.480 e. The lowest BCUT2D eigenvalue weighted by Gasteiger charge is -2.33. The van der Waals surface area contributed by atoms with E-state index in [0.29, 0.717) is 5.13 Å². The lowest BCUT2D eigenvalue weighted by molar-refractivity contribution is -0.147. The maximum absolute atomic E-state index is 12.0. The second-order valence-electron chi connectivity index (χ2n) is 4.01. The summed E-state index contributed by atoms with van der Waals surface area (Å²) in [5.41, 5.74) is -1.27. The average molecular weight is 336 g/mol. The van der Waals surface area contributed by atoms with E-state index in [2.05, 4.69) is 26.2 Å². The fourth-order valence-corrected chi connectivity index (χ4v) is 2.48. The van der Waals surface area contributed by atoms with E-state index in [9.17, 15) is 9.59 Å². The molecule has 0 fully saturated rings. The molecule has 8 heteroatoms. The number of aromatic nitrogens is 1. The molecule has 2 amide bonds. The minimum atomic E-state index is -1.27. The van der Waals surface area contributed by atoms with E-state index in [0.717, 1.165) is 3.79 Å². The van der Waals surface area contributed by atoms with Crippen molar-refractivity contribution in [1.82, 2.24) is 9.88 Å². The van der Waals surface area contributed by atoms with E-state index >= 15 is 0 Å². The first-order valence-corrected chi connectivity index (χ1v) is 6.83. The molecule has 0 aliphatic heterocycles. The Bertz CT molecular complexity index is 461. The Labute approximate surface area is 117 Å². The molecule has 0 radical (unpaired) electrons. The first-order valence-electron chi connectivity index (χ1n) is 5.22. The number of carboxylic acid groups (broad SMARTS) is 1. The van der Waals surface area contributed by atoms with Crippen molar-refractivity contribution in [2.24, 2.45) is 0 Å². The monoisotopic (exact) mass is 335 g/mol. The van der Waals surface area contributed by atoms with Crippen molar-refractivity contribution < 1.29 is 14.7 Å². The van der Waals surface area contributed by atoms with Crippen LogP contribution >= 0.6 is 27.3 Å². The molecular weight excluding hydrogens is 322 g/mol. The molecule has 0 aliphatic rings. The number of rotatable bonds is 4. The van der Waals surface area contributed by atoms with Crippen molar-refractivity contribution in [3.8, 4) is 0 Å². The average Bonchev–Trinajstić information content (AvgIpc) is 2.64. The number of amides is 2. The Morgan fingerprint density at radius 1 is 1.61 bits per heavy atom. The van der Waals surface area contributed by atoms with Gasteiger partial charge in [0.05, 0.1) is 9.98 Å². The normalized spacial score (nSPS) is 11.1. The van der Waals surface area contributed by atoms with Gasteiger partial charge >= 0.3 is 12.0 Å². The molecule has 0 saturated heterocycles. The third-order valence-corrected chi connectivity index (χ3v) is 3.84. The number of hydrogen-bond acceptors (Lipinski definition) is 4. The van der Waals surface area contributed by atoms with Crippen LogP contribution in [0.4, 0.5) is 9.93 Å². The van der Waals surface area contributed by atoms with Gasteiger partial charge in [-0.2, -0.15) is 0 Å². The molecular formula is C10H14BrN3O3S. The topological polar surface area (TPSA) is 82.5 Å². The SMILES string of the molecule is CCN(C(=O)Nc1ncc(Br)s1)C(C)(C)C(=O)O. The highest BCUT2D eigenvalue weighted by molar-refractivity contribution is 9.11. The van der Waals surface area contributed by atoms with Crippen LogP contribution in [0.2, 0.25) is 0 Å². The van der Waals surface area contributed by atoms with E-state index < -0.39 is 17.5 Å². The van der Waals surface area contributed by atoms with Crippen molar-refractivity contribution in [2.45, 2.75) is 26.3 Å². The number of carbonyl (C=O) groups excluding carboxylic acids is 1. The van der Waals surface area contributed by atoms with Gasteiger partial charge in [-0.25, -0.2) is 14.6 Å². The number of anilines is 1. The van der Waals surface area contributed by atoms with E-state index in [1.807, 2.05) is 0 Å². The number of urea groups is 1. The van der Waals surface area contributed by atoms with Gasteiger partial charge in [-0.15, -0.1) is 0 Å². The molecule has 0 spiro atoms. The molecule has 0 saturated carbocycles. The third kappa shape index (κ3) is 3.20. The zero-order chi connectivity index (χ0) is 13.9. The molecule has 1 aromatic heterocycles. The highest BCUT2D eigenvalue weighted by Gasteiger charge is 2.37. The van der Waals surface area contributed by atoms with Crippen LogP contribution in [0.15, 0.2) is 9.98 Å². The number of carboxylic acids is 1. The van der Waals surface area contributed by atoms with Gasteiger partial charge in [-0.1, -0.05) is 11.3 Å². The molecule has 100 valence electrons. The van der Waals surface area contributed by atoms with Gasteiger partial charge in [0.15, 0.2) is 5.13 Å². The second-order valence-corrected chi connectivity index (χ2v) is 6.42. The standard InChI is InChI=1S/C10H14BrN3O3S/c1-4-14(10(2,3)7(15)16)9(17)13-8-12-5-6(11)18-8/h5H,4H2,1-3H3,(H,15,16)(H,12,13,17). The van der Waals surface area contributed by atoms with Crippen molar-refractivity contribution >= 4 is 44.4 Å². The summed E-state index contributed by atoms with van der Waals surface area (Å²) in [6.45, 7) is 4.98. The van der Waals surface area contributed by atoms with Gasteiger partial charge in [0, 0.05) is 6.54 Å². The summed E-state index contributed by atoms with van der Waals surface area (Å²) in [5, 5.41) is 12.1. The molecule has 2 N–H and O–H groups in total. The molecule has 6 nitrogen and oxygen atoms in total. The van der Waals surface area contributed by atoms with Crippen LogP contribution in [0.25, 0.3) is 0 Å². The van der Waals surface area contributed by atoms with E-state index in [-0.39, 0.29) is 6.54 Å². The van der Waals surface area contributed by atoms with Crippen molar-refractivity contribution in [2.75, 3.05) is 11.9 Å². The number of carbonyl (C=O) groups is 2. The highest BCUT2D eigenvalue weighted by atomic mass is 79.9. The summed E-state index contributed by atoms with van der Waals surface area (Å²) < 4.78 is 0.790. The Hall–Kier alpha value is -1.15. The third-order valence-electron chi connectivity index (χ3n) is 2.45. The number of aliphatic carboxylic acids is 1. The van der Waals surface area contributed by atoms with Crippen LogP contribution in [0.5, 0.6) is 0 Å². The van der Waals surface area contributed by atoms with Crippen molar-refractivity contribution in [1.29, 1.82) is 0 Å². The number of nitrogens with zero attached hydrogens (tertiary/aromatic N) is 2. The minimum absolute atomic E-state index is 0.289. The van der Waals surface area contributed by atoms with Gasteiger partial charge in [0.2, 0.25) is 0 Å². The highest BCUT2D eigenvalue weighted by Crippen LogP contribution is 2.24. The number of likely N-dealkylation sites (N-methyl/N-ethyl adjacent to an activating group) is 1. The molecule has 0 atom stereocenters. The summed E-state index contributed by atoms with van der Waals surface area (Å²) in [5.74, 6) is -1.06. The fourth-order valence-electron chi connectivity index (χ4n) is 1.38. The van der Waals surface area contributed by atoms with E-state index in [1.54, 1.807) is 13.1 Å². The molecule has 1 rings (SSSR count). The van der Waals surface area contributed by atoms with Crippen LogP contribution < -0.4 is 5.32 Å². The first-order chi connectivity index (χ1) is 8.28. The Kier molecular flexibility index (Phi) is 4.69. The Balaban J connectivity index is 2.83. The van der Waals surface area contributed by atoms with E-state index in [4.69, 9.17) is 5.11 Å². The van der Waals surface area contributed by atoms with Crippen LogP contribution in [0.1, 0.15) is 20.8 Å². The van der Waals surface area contributed by atoms with Crippen LogP contribution in [0.3, 0.4) is 0 Å². The van der Waals surface area contributed by atoms with Gasteiger partial charge in [0.25, 0.3) is 0 Å². The number of nitrogens with one attached hydrogen (secondary N) is 1. The summed E-state index contributed by atoms with van der Waals surface area (Å²) >= 11 is 4.50. The maximum Gasteiger partial charge on any atom is 0.329 e. The summed E-state index contributed by atoms with van der Waals surface area (Å²) in [7, 11) is 0. The predicted molar refractivity (Wildman–Crippen MR) is 72.9 cm³/mol. The van der Waals surface area contributed by atoms with Crippen LogP contribution in [-0.2, 0) is 4.79 Å². The molecule has 1 heterocycles. The quantitative estimate of drug-likeness (QED) is 0.885. The summed E-state index contributed by atoms with van der Waals surface area (Å²) in [6.07, 6.45) is 1.57. The smallest absolute Gasteiger partial charge is 0.329 e. The lowest BCUT2D eigenvalue weighted by atomic mass is 10.0. The molecule has 0 unspecified atom stereocenters. The first kappa shape index (κ1) is 14.9. The molecule has 0 aliphatic carbocycles. The van der Waals surface area contributed by atoms with Crippen LogP contribution in [-0.4, -0.2) is 39.1 Å². The van der Waals surface area contributed by atoms with Crippen molar-refractivity contribution in [3.05, 3.63) is 9.98 Å². The summed E-state index contributed by atoms with van der Waals surface area (Å²) in [4.78, 5) is 28.4. The zero-order valence-electron chi connectivity index (χ0n) is 10.2. The summed E-state index contributed by atoms with van der Waals surface area (Å²) in [6, 6.07) is -0.480. The zero-order valence-corrected chi connectivity index (χ0v) is 12.6. The predicted octanol–water partition coefficient (Wildman–Crippen LogP) is 2.62. The number of halogens is 1. The van der Waals surface area contributed by atoms with Gasteiger partial charge in [0.1, 0.15) is 5.54 Å². The van der Waals surface area contributed by atoms with Gasteiger partial charge < -0.3 is 10.0 Å². The molecule has 0 aromatic carbocycles.